The van der Waals surface area contributed by atoms with Gasteiger partial charge in [0.05, 0.1) is 0 Å². The second-order valence-electron chi connectivity index (χ2n) is 17.5. The molecule has 0 fully saturated rings. The summed E-state index contributed by atoms with van der Waals surface area (Å²) in [5.74, 6) is 0. The van der Waals surface area contributed by atoms with Gasteiger partial charge >= 0.3 is 0 Å². The average Bonchev–Trinajstić information content (AvgIpc) is 3.43. The molecule has 0 nitrogen and oxygen atoms in total. The van der Waals surface area contributed by atoms with Crippen molar-refractivity contribution in [2.75, 3.05) is 0 Å². The maximum Gasteiger partial charge on any atom is 0.0159 e. The van der Waals surface area contributed by atoms with Crippen molar-refractivity contribution in [2.45, 2.75) is 90.9 Å². The predicted molar refractivity (Wildman–Crippen MR) is 207 cm³/mol. The van der Waals surface area contributed by atoms with E-state index in [2.05, 4.69) is 178 Å². The van der Waals surface area contributed by atoms with E-state index in [0.717, 1.165) is 0 Å². The van der Waals surface area contributed by atoms with Crippen LogP contribution >= 0.6 is 0 Å². The van der Waals surface area contributed by atoms with E-state index >= 15 is 0 Å². The largest absolute Gasteiger partial charge is 0.0579 e. The molecular formula is C48H48. The summed E-state index contributed by atoms with van der Waals surface area (Å²) < 4.78 is 0. The minimum absolute atomic E-state index is 0.0755. The quantitative estimate of drug-likeness (QED) is 0.180. The van der Waals surface area contributed by atoms with Crippen LogP contribution in [-0.2, 0) is 21.7 Å². The fourth-order valence-electron chi connectivity index (χ4n) is 8.56. The van der Waals surface area contributed by atoms with Gasteiger partial charge in [0.25, 0.3) is 0 Å². The normalized spacial score (nSPS) is 15.6. The van der Waals surface area contributed by atoms with Gasteiger partial charge in [-0.05, 0) is 112 Å². The molecule has 0 radical (unpaired) electrons. The average molecular weight is 625 g/mol. The number of hydrogen-bond acceptors (Lipinski definition) is 0. The molecule has 6 aromatic rings. The van der Waals surface area contributed by atoms with Gasteiger partial charge < -0.3 is 0 Å². The molecule has 2 aliphatic carbocycles. The molecule has 48 heavy (non-hydrogen) atoms. The Hall–Kier alpha value is -4.42. The van der Waals surface area contributed by atoms with Gasteiger partial charge in [-0.2, -0.15) is 0 Å². The lowest BCUT2D eigenvalue weighted by molar-refractivity contribution is 0.590. The van der Waals surface area contributed by atoms with Gasteiger partial charge in [-0.1, -0.05) is 166 Å². The third-order valence-electron chi connectivity index (χ3n) is 11.6. The summed E-state index contributed by atoms with van der Waals surface area (Å²) in [5, 5.41) is 2.73. The number of rotatable bonds is 2. The molecule has 0 saturated heterocycles. The molecule has 240 valence electrons. The Labute approximate surface area is 287 Å². The second kappa shape index (κ2) is 10.1. The van der Waals surface area contributed by atoms with Gasteiger partial charge in [0.2, 0.25) is 0 Å². The number of benzene rings is 6. The Bertz CT molecular complexity index is 2090. The summed E-state index contributed by atoms with van der Waals surface area (Å²) >= 11 is 0. The molecule has 0 spiro atoms. The van der Waals surface area contributed by atoms with Crippen LogP contribution in [0.1, 0.15) is 103 Å². The van der Waals surface area contributed by atoms with Crippen LogP contribution in [0.15, 0.2) is 109 Å². The minimum atomic E-state index is -0.0755. The van der Waals surface area contributed by atoms with Crippen LogP contribution in [0, 0.1) is 0 Å². The second-order valence-corrected chi connectivity index (χ2v) is 17.5. The molecule has 0 amide bonds. The first kappa shape index (κ1) is 30.9. The zero-order valence-electron chi connectivity index (χ0n) is 30.4. The first-order chi connectivity index (χ1) is 22.6. The Morgan fingerprint density at radius 3 is 1.02 bits per heavy atom. The van der Waals surface area contributed by atoms with Crippen molar-refractivity contribution in [3.05, 3.63) is 143 Å². The summed E-state index contributed by atoms with van der Waals surface area (Å²) in [5.41, 5.74) is 19.3. The van der Waals surface area contributed by atoms with E-state index in [-0.39, 0.29) is 21.7 Å². The van der Waals surface area contributed by atoms with Crippen LogP contribution in [0.5, 0.6) is 0 Å². The summed E-state index contributed by atoms with van der Waals surface area (Å²) in [6, 6.07) is 42.4. The smallest absolute Gasteiger partial charge is 0.0159 e. The molecule has 0 unspecified atom stereocenters. The van der Waals surface area contributed by atoms with E-state index < -0.39 is 0 Å². The highest BCUT2D eigenvalue weighted by Crippen LogP contribution is 2.57. The molecule has 0 aliphatic heterocycles. The monoisotopic (exact) mass is 624 g/mol. The molecule has 0 N–H and O–H groups in total. The van der Waals surface area contributed by atoms with Crippen molar-refractivity contribution < 1.29 is 0 Å². The first-order valence-corrected chi connectivity index (χ1v) is 17.7. The lowest BCUT2D eigenvalue weighted by Crippen LogP contribution is -2.15. The van der Waals surface area contributed by atoms with E-state index in [1.165, 1.54) is 88.7 Å². The molecule has 0 bridgehead atoms. The van der Waals surface area contributed by atoms with Gasteiger partial charge in [-0.15, -0.1) is 0 Å². The van der Waals surface area contributed by atoms with E-state index in [1.54, 1.807) is 0 Å². The van der Waals surface area contributed by atoms with Gasteiger partial charge in [-0.25, -0.2) is 0 Å². The van der Waals surface area contributed by atoms with Crippen molar-refractivity contribution in [1.82, 2.24) is 0 Å². The third kappa shape index (κ3) is 4.48. The topological polar surface area (TPSA) is 0 Å². The highest BCUT2D eigenvalue weighted by molar-refractivity contribution is 6.11. The van der Waals surface area contributed by atoms with Crippen molar-refractivity contribution in [2.24, 2.45) is 0 Å². The lowest BCUT2D eigenvalue weighted by atomic mass is 9.80. The van der Waals surface area contributed by atoms with Gasteiger partial charge in [0.15, 0.2) is 0 Å². The van der Waals surface area contributed by atoms with Crippen LogP contribution in [0.2, 0.25) is 0 Å². The first-order valence-electron chi connectivity index (χ1n) is 17.7. The van der Waals surface area contributed by atoms with Crippen molar-refractivity contribution in [3.8, 4) is 44.5 Å². The highest BCUT2D eigenvalue weighted by atomic mass is 14.4. The number of fused-ring (bicyclic) bond motifs is 9. The maximum absolute atomic E-state index is 2.45. The van der Waals surface area contributed by atoms with E-state index in [1.807, 2.05) is 0 Å². The minimum Gasteiger partial charge on any atom is -0.0579 e. The predicted octanol–water partition coefficient (Wildman–Crippen LogP) is 13.4. The Balaban J connectivity index is 1.24. The van der Waals surface area contributed by atoms with Gasteiger partial charge in [0, 0.05) is 10.8 Å². The maximum atomic E-state index is 2.45. The fraction of sp³-hybridized carbons (Fsp3) is 0.292. The van der Waals surface area contributed by atoms with Crippen molar-refractivity contribution in [3.63, 3.8) is 0 Å². The van der Waals surface area contributed by atoms with Crippen LogP contribution in [0.3, 0.4) is 0 Å². The number of hydrogen-bond donors (Lipinski definition) is 0. The van der Waals surface area contributed by atoms with Gasteiger partial charge in [0.1, 0.15) is 0 Å². The van der Waals surface area contributed by atoms with Crippen molar-refractivity contribution in [1.29, 1.82) is 0 Å². The molecule has 6 aromatic carbocycles. The molecule has 2 aliphatic rings. The summed E-state index contributed by atoms with van der Waals surface area (Å²) in [6.07, 6.45) is 0. The molecule has 0 atom stereocenters. The van der Waals surface area contributed by atoms with Crippen LogP contribution in [0.25, 0.3) is 55.3 Å². The Kier molecular flexibility index (Phi) is 6.47. The molecular weight excluding hydrogens is 577 g/mol. The molecule has 8 rings (SSSR count). The molecule has 0 heterocycles. The van der Waals surface area contributed by atoms with Crippen LogP contribution in [-0.4, -0.2) is 0 Å². The Morgan fingerprint density at radius 2 is 0.688 bits per heavy atom. The lowest BCUT2D eigenvalue weighted by Gasteiger charge is -2.23. The standard InChI is InChI=1S/C48H48/c1-45(2,3)33-17-11-29(12-18-33)31-15-21-37-41(27-31)47(7,8)39-25-23-36-35(43(37)39)24-26-40-44(36)38-22-16-32(28-42(38)48(40,9)10)30-13-19-34(20-14-30)46(4,5)6/h11-28H,1-10H3. The fourth-order valence-corrected chi connectivity index (χ4v) is 8.56. The third-order valence-corrected chi connectivity index (χ3v) is 11.6. The zero-order chi connectivity index (χ0) is 34.0. The van der Waals surface area contributed by atoms with Crippen LogP contribution < -0.4 is 0 Å². The summed E-state index contributed by atoms with van der Waals surface area (Å²) in [6.45, 7) is 23.3. The van der Waals surface area contributed by atoms with E-state index in [4.69, 9.17) is 0 Å². The highest BCUT2D eigenvalue weighted by Gasteiger charge is 2.40. The molecule has 0 heteroatoms. The zero-order valence-corrected chi connectivity index (χ0v) is 30.4. The molecule has 0 saturated carbocycles. The van der Waals surface area contributed by atoms with E-state index in [0.29, 0.717) is 0 Å². The van der Waals surface area contributed by atoms with E-state index in [9.17, 15) is 0 Å². The summed E-state index contributed by atoms with van der Waals surface area (Å²) in [4.78, 5) is 0. The summed E-state index contributed by atoms with van der Waals surface area (Å²) in [7, 11) is 0. The van der Waals surface area contributed by atoms with Crippen molar-refractivity contribution >= 4 is 10.8 Å². The van der Waals surface area contributed by atoms with Crippen LogP contribution in [0.4, 0.5) is 0 Å². The SMILES string of the molecule is CC(C)(C)c1ccc(-c2ccc3c(c2)C(C)(C)c2ccc4c5c(ccc4c2-3)C(C)(C)c2cc(-c3ccc(C(C)(C)C)cc3)ccc2-5)cc1. The Morgan fingerprint density at radius 1 is 0.354 bits per heavy atom. The van der Waals surface area contributed by atoms with Gasteiger partial charge in [-0.3, -0.25) is 0 Å². The molecule has 0 aromatic heterocycles.